The topological polar surface area (TPSA) is 72.8 Å². The Kier molecular flexibility index (Phi) is 6.29. The van der Waals surface area contributed by atoms with E-state index in [1.54, 1.807) is 13.3 Å². The maximum Gasteiger partial charge on any atom is 0.163 e. The average molecular weight is 450 g/mol. The number of anilines is 1. The van der Waals surface area contributed by atoms with Crippen LogP contribution in [-0.2, 0) is 12.8 Å². The second-order valence-corrected chi connectivity index (χ2v) is 8.43. The molecular formula is C28H27N5O. The van der Waals surface area contributed by atoms with Gasteiger partial charge in [-0.3, -0.25) is 9.97 Å². The van der Waals surface area contributed by atoms with Gasteiger partial charge in [-0.1, -0.05) is 25.1 Å². The van der Waals surface area contributed by atoms with Gasteiger partial charge in [-0.2, -0.15) is 0 Å². The van der Waals surface area contributed by atoms with Crippen molar-refractivity contribution in [1.82, 2.24) is 19.9 Å². The Labute approximate surface area is 199 Å². The van der Waals surface area contributed by atoms with Gasteiger partial charge in [0.05, 0.1) is 12.8 Å². The molecule has 170 valence electrons. The Hall–Kier alpha value is -4.06. The summed E-state index contributed by atoms with van der Waals surface area (Å²) in [5.41, 5.74) is 6.48. The Balaban J connectivity index is 1.53. The number of allylic oxidation sites excluding steroid dienone is 1. The van der Waals surface area contributed by atoms with Gasteiger partial charge >= 0.3 is 0 Å². The second kappa shape index (κ2) is 9.83. The smallest absolute Gasteiger partial charge is 0.163 e. The Bertz CT molecular complexity index is 1310. The molecule has 1 atom stereocenters. The molecule has 0 saturated carbocycles. The third-order valence-electron chi connectivity index (χ3n) is 6.08. The zero-order valence-corrected chi connectivity index (χ0v) is 19.4. The van der Waals surface area contributed by atoms with Gasteiger partial charge in [-0.25, -0.2) is 9.97 Å². The van der Waals surface area contributed by atoms with E-state index in [1.165, 1.54) is 5.57 Å². The third kappa shape index (κ3) is 4.66. The summed E-state index contributed by atoms with van der Waals surface area (Å²) in [5.74, 6) is 2.70. The molecule has 5 rings (SSSR count). The molecule has 0 bridgehead atoms. The Morgan fingerprint density at radius 2 is 1.91 bits per heavy atom. The summed E-state index contributed by atoms with van der Waals surface area (Å²) < 4.78 is 5.46. The summed E-state index contributed by atoms with van der Waals surface area (Å²) >= 11 is 0. The standard InChI is InChI=1S/C28H27N5O/c1-19-15-26-25(17-24(19)20-7-5-10-23(16-20)34-2)28(31-14-11-22-9-3-4-13-30-22)33-27(32-26)21-8-6-12-29-18-21/h3-10,12-13,16-19H,11,14-15H2,1-2H3,(H,31,32,33). The summed E-state index contributed by atoms with van der Waals surface area (Å²) in [6, 6.07) is 18.1. The molecular weight excluding hydrogens is 422 g/mol. The van der Waals surface area contributed by atoms with Gasteiger partial charge in [-0.05, 0) is 65.9 Å². The lowest BCUT2D eigenvalue weighted by Gasteiger charge is -2.25. The van der Waals surface area contributed by atoms with E-state index in [0.29, 0.717) is 11.7 Å². The van der Waals surface area contributed by atoms with E-state index in [9.17, 15) is 0 Å². The van der Waals surface area contributed by atoms with Crippen molar-refractivity contribution >= 4 is 17.5 Å². The fraction of sp³-hybridized carbons (Fsp3) is 0.214. The minimum Gasteiger partial charge on any atom is -0.497 e. The van der Waals surface area contributed by atoms with Crippen molar-refractivity contribution in [1.29, 1.82) is 0 Å². The van der Waals surface area contributed by atoms with Crippen molar-refractivity contribution in [2.75, 3.05) is 19.0 Å². The van der Waals surface area contributed by atoms with Gasteiger partial charge in [0.2, 0.25) is 0 Å². The quantitative estimate of drug-likeness (QED) is 0.411. The van der Waals surface area contributed by atoms with Gasteiger partial charge in [0, 0.05) is 48.4 Å². The van der Waals surface area contributed by atoms with Crippen LogP contribution in [0.1, 0.15) is 29.4 Å². The minimum atomic E-state index is 0.317. The number of benzene rings is 1. The molecule has 0 saturated heterocycles. The number of nitrogens with one attached hydrogen (secondary N) is 1. The molecule has 0 aliphatic heterocycles. The van der Waals surface area contributed by atoms with Gasteiger partial charge in [0.25, 0.3) is 0 Å². The number of pyridine rings is 2. The first-order chi connectivity index (χ1) is 16.7. The van der Waals surface area contributed by atoms with Gasteiger partial charge in [0.1, 0.15) is 11.6 Å². The second-order valence-electron chi connectivity index (χ2n) is 8.43. The number of hydrogen-bond donors (Lipinski definition) is 1. The SMILES string of the molecule is COc1cccc(C2=Cc3c(nc(-c4cccnc4)nc3NCCc3ccccn3)CC2C)c1. The summed E-state index contributed by atoms with van der Waals surface area (Å²) in [4.78, 5) is 18.6. The molecule has 0 fully saturated rings. The number of ether oxygens (including phenoxy) is 1. The number of hydrogen-bond acceptors (Lipinski definition) is 6. The molecule has 6 heteroatoms. The van der Waals surface area contributed by atoms with Gasteiger partial charge < -0.3 is 10.1 Å². The highest BCUT2D eigenvalue weighted by atomic mass is 16.5. The molecule has 3 aromatic heterocycles. The summed E-state index contributed by atoms with van der Waals surface area (Å²) in [6.07, 6.45) is 9.28. The number of rotatable bonds is 7. The van der Waals surface area contributed by atoms with Crippen LogP contribution in [0, 0.1) is 5.92 Å². The molecule has 1 unspecified atom stereocenters. The van der Waals surface area contributed by atoms with Crippen molar-refractivity contribution in [2.24, 2.45) is 5.92 Å². The minimum absolute atomic E-state index is 0.317. The van der Waals surface area contributed by atoms with Crippen molar-refractivity contribution in [3.8, 4) is 17.1 Å². The molecule has 1 aromatic carbocycles. The molecule has 0 amide bonds. The molecule has 0 spiro atoms. The number of fused-ring (bicyclic) bond motifs is 1. The average Bonchev–Trinajstić information content (AvgIpc) is 2.89. The van der Waals surface area contributed by atoms with E-state index in [-0.39, 0.29) is 0 Å². The van der Waals surface area contributed by atoms with Crippen molar-refractivity contribution in [3.05, 3.63) is 95.7 Å². The third-order valence-corrected chi connectivity index (χ3v) is 6.08. The predicted octanol–water partition coefficient (Wildman–Crippen LogP) is 5.33. The number of methoxy groups -OCH3 is 1. The lowest BCUT2D eigenvalue weighted by atomic mass is 9.83. The lowest BCUT2D eigenvalue weighted by Crippen LogP contribution is -2.16. The summed E-state index contributed by atoms with van der Waals surface area (Å²) in [5, 5.41) is 3.56. The number of nitrogens with zero attached hydrogens (tertiary/aromatic N) is 4. The van der Waals surface area contributed by atoms with E-state index in [2.05, 4.69) is 40.4 Å². The maximum atomic E-state index is 5.46. The molecule has 6 nitrogen and oxygen atoms in total. The van der Waals surface area contributed by atoms with Crippen LogP contribution in [-0.4, -0.2) is 33.6 Å². The molecule has 1 aliphatic carbocycles. The molecule has 1 aliphatic rings. The van der Waals surface area contributed by atoms with Crippen LogP contribution in [0.2, 0.25) is 0 Å². The Morgan fingerprint density at radius 1 is 1.00 bits per heavy atom. The van der Waals surface area contributed by atoms with E-state index in [4.69, 9.17) is 14.7 Å². The molecule has 34 heavy (non-hydrogen) atoms. The largest absolute Gasteiger partial charge is 0.497 e. The molecule has 1 N–H and O–H groups in total. The van der Waals surface area contributed by atoms with E-state index < -0.39 is 0 Å². The normalized spacial score (nSPS) is 14.8. The highest BCUT2D eigenvalue weighted by molar-refractivity contribution is 5.88. The lowest BCUT2D eigenvalue weighted by molar-refractivity contribution is 0.414. The summed E-state index contributed by atoms with van der Waals surface area (Å²) in [7, 11) is 1.70. The fourth-order valence-corrected chi connectivity index (χ4v) is 4.31. The highest BCUT2D eigenvalue weighted by Crippen LogP contribution is 2.38. The predicted molar refractivity (Wildman–Crippen MR) is 135 cm³/mol. The number of aromatic nitrogens is 4. The zero-order chi connectivity index (χ0) is 23.3. The summed E-state index contributed by atoms with van der Waals surface area (Å²) in [6.45, 7) is 2.97. The maximum absolute atomic E-state index is 5.46. The fourth-order valence-electron chi connectivity index (χ4n) is 4.31. The first-order valence-electron chi connectivity index (χ1n) is 11.5. The van der Waals surface area contributed by atoms with Crippen LogP contribution >= 0.6 is 0 Å². The molecule has 4 aromatic rings. The van der Waals surface area contributed by atoms with Crippen LogP contribution in [0.25, 0.3) is 23.0 Å². The van der Waals surface area contributed by atoms with Gasteiger partial charge in [0.15, 0.2) is 5.82 Å². The van der Waals surface area contributed by atoms with E-state index in [1.807, 2.05) is 54.9 Å². The van der Waals surface area contributed by atoms with Crippen LogP contribution < -0.4 is 10.1 Å². The Morgan fingerprint density at radius 3 is 2.71 bits per heavy atom. The van der Waals surface area contributed by atoms with E-state index in [0.717, 1.165) is 59.0 Å². The van der Waals surface area contributed by atoms with Crippen molar-refractivity contribution < 1.29 is 4.74 Å². The van der Waals surface area contributed by atoms with Crippen molar-refractivity contribution in [3.63, 3.8) is 0 Å². The zero-order valence-electron chi connectivity index (χ0n) is 19.4. The van der Waals surface area contributed by atoms with E-state index >= 15 is 0 Å². The first-order valence-corrected chi connectivity index (χ1v) is 11.5. The molecule has 0 radical (unpaired) electrons. The van der Waals surface area contributed by atoms with Crippen LogP contribution in [0.5, 0.6) is 5.75 Å². The molecule has 3 heterocycles. The van der Waals surface area contributed by atoms with Crippen LogP contribution in [0.3, 0.4) is 0 Å². The van der Waals surface area contributed by atoms with Crippen LogP contribution in [0.4, 0.5) is 5.82 Å². The highest BCUT2D eigenvalue weighted by Gasteiger charge is 2.24. The van der Waals surface area contributed by atoms with Gasteiger partial charge in [-0.15, -0.1) is 0 Å². The first kappa shape index (κ1) is 21.8. The van der Waals surface area contributed by atoms with Crippen molar-refractivity contribution in [2.45, 2.75) is 19.8 Å². The van der Waals surface area contributed by atoms with Crippen LogP contribution in [0.15, 0.2) is 73.2 Å². The monoisotopic (exact) mass is 449 g/mol.